The maximum atomic E-state index is 13.2. The van der Waals surface area contributed by atoms with Crippen LogP contribution in [0, 0.1) is 6.92 Å². The monoisotopic (exact) mass is 477 g/mol. The molecule has 0 radical (unpaired) electrons. The Labute approximate surface area is 211 Å². The summed E-state index contributed by atoms with van der Waals surface area (Å²) < 4.78 is 4.44. The van der Waals surface area contributed by atoms with Crippen LogP contribution in [0.3, 0.4) is 0 Å². The van der Waals surface area contributed by atoms with E-state index in [1.165, 1.54) is 22.0 Å². The summed E-state index contributed by atoms with van der Waals surface area (Å²) in [6.45, 7) is 6.48. The highest BCUT2D eigenvalue weighted by Gasteiger charge is 2.25. The molecule has 1 unspecified atom stereocenters. The Hall–Kier alpha value is -3.90. The van der Waals surface area contributed by atoms with Crippen LogP contribution in [0.2, 0.25) is 0 Å². The molecule has 1 amide bonds. The van der Waals surface area contributed by atoms with Gasteiger partial charge in [0, 0.05) is 59.6 Å². The van der Waals surface area contributed by atoms with E-state index in [1.54, 1.807) is 0 Å². The Morgan fingerprint density at radius 1 is 1.08 bits per heavy atom. The highest BCUT2D eigenvalue weighted by Crippen LogP contribution is 2.41. The molecule has 1 aliphatic rings. The number of benzene rings is 2. The minimum absolute atomic E-state index is 0.0301. The van der Waals surface area contributed by atoms with Crippen LogP contribution in [0.15, 0.2) is 72.9 Å². The van der Waals surface area contributed by atoms with Gasteiger partial charge >= 0.3 is 0 Å². The van der Waals surface area contributed by atoms with Gasteiger partial charge in [-0.2, -0.15) is 0 Å². The molecule has 2 aromatic carbocycles. The van der Waals surface area contributed by atoms with E-state index in [2.05, 4.69) is 71.3 Å². The number of pyridine rings is 1. The second-order valence-electron chi connectivity index (χ2n) is 9.69. The number of carbonyl (C=O) groups excluding carboxylic acids is 1. The van der Waals surface area contributed by atoms with Crippen molar-refractivity contribution in [3.05, 3.63) is 84.2 Å². The van der Waals surface area contributed by atoms with Crippen molar-refractivity contribution in [1.82, 2.24) is 18.9 Å². The van der Waals surface area contributed by atoms with Gasteiger partial charge in [-0.05, 0) is 50.5 Å². The third kappa shape index (κ3) is 3.60. The van der Waals surface area contributed by atoms with Gasteiger partial charge in [0.25, 0.3) is 5.91 Å². The summed E-state index contributed by atoms with van der Waals surface area (Å²) in [4.78, 5) is 20.2. The number of carbonyl (C=O) groups is 1. The van der Waals surface area contributed by atoms with Crippen molar-refractivity contribution in [3.63, 3.8) is 0 Å². The van der Waals surface area contributed by atoms with Gasteiger partial charge in [-0.15, -0.1) is 0 Å². The van der Waals surface area contributed by atoms with Crippen LogP contribution >= 0.6 is 0 Å². The van der Waals surface area contributed by atoms with Gasteiger partial charge in [0.2, 0.25) is 0 Å². The van der Waals surface area contributed by atoms with Crippen LogP contribution in [0.25, 0.3) is 39.1 Å². The molecule has 1 aliphatic heterocycles. The topological polar surface area (TPSA) is 68.6 Å². The minimum Gasteiger partial charge on any atom is -0.339 e. The van der Waals surface area contributed by atoms with Gasteiger partial charge < -0.3 is 19.6 Å². The van der Waals surface area contributed by atoms with Crippen LogP contribution < -0.4 is 5.73 Å². The van der Waals surface area contributed by atoms with Gasteiger partial charge in [0.15, 0.2) is 0 Å². The highest BCUT2D eigenvalue weighted by molar-refractivity contribution is 6.04. The summed E-state index contributed by atoms with van der Waals surface area (Å²) in [5.74, 6) is 0.0301. The van der Waals surface area contributed by atoms with Gasteiger partial charge in [0.1, 0.15) is 11.3 Å². The third-order valence-corrected chi connectivity index (χ3v) is 7.43. The molecule has 1 atom stereocenters. The number of para-hydroxylation sites is 1. The molecule has 0 aliphatic carbocycles. The van der Waals surface area contributed by atoms with E-state index in [9.17, 15) is 4.79 Å². The summed E-state index contributed by atoms with van der Waals surface area (Å²) in [5.41, 5.74) is 14.2. The number of rotatable bonds is 4. The van der Waals surface area contributed by atoms with E-state index in [1.807, 2.05) is 29.3 Å². The van der Waals surface area contributed by atoms with E-state index < -0.39 is 0 Å². The molecule has 6 nitrogen and oxygen atoms in total. The summed E-state index contributed by atoms with van der Waals surface area (Å²) >= 11 is 0. The number of nitrogens with zero attached hydrogens (tertiary/aromatic N) is 4. The van der Waals surface area contributed by atoms with Gasteiger partial charge in [-0.3, -0.25) is 4.79 Å². The second-order valence-corrected chi connectivity index (χ2v) is 9.69. The zero-order chi connectivity index (χ0) is 24.8. The molecule has 6 rings (SSSR count). The van der Waals surface area contributed by atoms with E-state index in [4.69, 9.17) is 10.7 Å². The summed E-state index contributed by atoms with van der Waals surface area (Å²) in [6.07, 6.45) is 3.89. The molecule has 1 saturated heterocycles. The van der Waals surface area contributed by atoms with Gasteiger partial charge in [-0.1, -0.05) is 48.5 Å². The molecule has 1 fully saturated rings. The van der Waals surface area contributed by atoms with Crippen molar-refractivity contribution >= 4 is 22.5 Å². The average Bonchev–Trinajstić information content (AvgIpc) is 3.42. The molecule has 36 heavy (non-hydrogen) atoms. The van der Waals surface area contributed by atoms with Crippen molar-refractivity contribution in [2.75, 3.05) is 13.1 Å². The van der Waals surface area contributed by atoms with Crippen molar-refractivity contribution in [1.29, 1.82) is 0 Å². The van der Waals surface area contributed by atoms with E-state index >= 15 is 0 Å². The van der Waals surface area contributed by atoms with E-state index in [0.29, 0.717) is 12.1 Å². The number of aromatic nitrogens is 3. The fraction of sp³-hybridized carbons (Fsp3) is 0.267. The molecule has 6 heteroatoms. The quantitative estimate of drug-likeness (QED) is 0.371. The first-order valence-corrected chi connectivity index (χ1v) is 12.8. The average molecular weight is 478 g/mol. The van der Waals surface area contributed by atoms with E-state index in [0.717, 1.165) is 48.7 Å². The maximum Gasteiger partial charge on any atom is 0.254 e. The molecule has 4 heterocycles. The maximum absolute atomic E-state index is 13.2. The fourth-order valence-corrected chi connectivity index (χ4v) is 5.68. The number of imidazole rings is 1. The minimum atomic E-state index is 0.0301. The van der Waals surface area contributed by atoms with Crippen LogP contribution in [0.5, 0.6) is 0 Å². The normalized spacial score (nSPS) is 16.2. The Balaban J connectivity index is 1.53. The number of likely N-dealkylation sites (tertiary alicyclic amines) is 1. The zero-order valence-electron chi connectivity index (χ0n) is 20.8. The van der Waals surface area contributed by atoms with Crippen LogP contribution in [-0.4, -0.2) is 43.9 Å². The fourth-order valence-electron chi connectivity index (χ4n) is 5.68. The predicted molar refractivity (Wildman–Crippen MR) is 145 cm³/mol. The lowest BCUT2D eigenvalue weighted by Crippen LogP contribution is -2.45. The number of piperidine rings is 1. The van der Waals surface area contributed by atoms with Crippen molar-refractivity contribution in [2.24, 2.45) is 5.73 Å². The molecule has 0 bridgehead atoms. The van der Waals surface area contributed by atoms with Crippen LogP contribution in [-0.2, 0) is 6.54 Å². The number of amides is 1. The number of nitrogens with two attached hydrogens (primary N) is 1. The molecular weight excluding hydrogens is 446 g/mol. The first kappa shape index (κ1) is 22.6. The first-order chi connectivity index (χ1) is 17.6. The van der Waals surface area contributed by atoms with Crippen LogP contribution in [0.1, 0.15) is 35.8 Å². The Kier molecular flexibility index (Phi) is 5.61. The van der Waals surface area contributed by atoms with Gasteiger partial charge in [-0.25, -0.2) is 4.98 Å². The van der Waals surface area contributed by atoms with E-state index in [-0.39, 0.29) is 11.9 Å². The summed E-state index contributed by atoms with van der Waals surface area (Å²) in [5, 5.41) is 1.22. The number of hydrogen-bond acceptors (Lipinski definition) is 3. The highest BCUT2D eigenvalue weighted by atomic mass is 16.2. The number of aryl methyl sites for hydroxylation is 2. The SMILES string of the molecule is CCn1c(-c2nc3cc(C(=O)N4CCCC(N)C4)ccn3c2C)c(-c2ccccc2)c2ccccc21. The molecule has 0 spiro atoms. The Morgan fingerprint density at radius 3 is 2.64 bits per heavy atom. The smallest absolute Gasteiger partial charge is 0.254 e. The molecule has 182 valence electrons. The van der Waals surface area contributed by atoms with Crippen molar-refractivity contribution < 1.29 is 4.79 Å². The first-order valence-electron chi connectivity index (χ1n) is 12.8. The molecule has 3 aromatic heterocycles. The largest absolute Gasteiger partial charge is 0.339 e. The summed E-state index contributed by atoms with van der Waals surface area (Å²) in [6, 6.07) is 23.0. The second kappa shape index (κ2) is 8.95. The number of fused-ring (bicyclic) bond motifs is 2. The van der Waals surface area contributed by atoms with Crippen molar-refractivity contribution in [3.8, 4) is 22.5 Å². The molecule has 5 aromatic rings. The molecule has 0 saturated carbocycles. The lowest BCUT2D eigenvalue weighted by atomic mass is 10.00. The molecular formula is C30H31N5O. The lowest BCUT2D eigenvalue weighted by Gasteiger charge is -2.30. The Bertz CT molecular complexity index is 1580. The van der Waals surface area contributed by atoms with Crippen molar-refractivity contribution in [2.45, 2.75) is 39.3 Å². The van der Waals surface area contributed by atoms with Gasteiger partial charge in [0.05, 0.1) is 5.69 Å². The zero-order valence-corrected chi connectivity index (χ0v) is 20.8. The summed E-state index contributed by atoms with van der Waals surface area (Å²) in [7, 11) is 0. The predicted octanol–water partition coefficient (Wildman–Crippen LogP) is 5.51. The Morgan fingerprint density at radius 2 is 1.86 bits per heavy atom. The third-order valence-electron chi connectivity index (χ3n) is 7.43. The standard InChI is InChI=1S/C30H31N5O/c1-3-34-25-14-8-7-13-24(25)27(21-10-5-4-6-11-21)29(34)28-20(2)35-17-15-22(18-26(35)32-28)30(36)33-16-9-12-23(31)19-33/h4-8,10-11,13-15,17-18,23H,3,9,12,16,19,31H2,1-2H3. The van der Waals surface area contributed by atoms with Crippen LogP contribution in [0.4, 0.5) is 0 Å². The lowest BCUT2D eigenvalue weighted by molar-refractivity contribution is 0.0709. The number of hydrogen-bond donors (Lipinski definition) is 1. The molecule has 2 N–H and O–H groups in total.